The molecule has 0 bridgehead atoms. The van der Waals surface area contributed by atoms with Gasteiger partial charge in [0.15, 0.2) is 0 Å². The van der Waals surface area contributed by atoms with Crippen LogP contribution in [0.1, 0.15) is 5.56 Å². The summed E-state index contributed by atoms with van der Waals surface area (Å²) in [4.78, 5) is 0. The SMILES string of the molecule is COc1cccc(-c2ccc3oc4cc5c(cc4c3c2)oc2ccc(-c3cccc(C)c3)cc25)c1. The van der Waals surface area contributed by atoms with E-state index in [4.69, 9.17) is 13.6 Å². The van der Waals surface area contributed by atoms with Crippen LogP contribution >= 0.6 is 0 Å². The van der Waals surface area contributed by atoms with Gasteiger partial charge < -0.3 is 13.6 Å². The molecule has 3 heteroatoms. The molecule has 0 saturated heterocycles. The summed E-state index contributed by atoms with van der Waals surface area (Å²) in [6.07, 6.45) is 0. The predicted molar refractivity (Wildman–Crippen MR) is 143 cm³/mol. The number of rotatable bonds is 3. The Morgan fingerprint density at radius 2 is 1.00 bits per heavy atom. The number of aryl methyl sites for hydroxylation is 1. The zero-order valence-electron chi connectivity index (χ0n) is 19.5. The van der Waals surface area contributed by atoms with Crippen molar-refractivity contribution in [3.05, 3.63) is 103 Å². The summed E-state index contributed by atoms with van der Waals surface area (Å²) >= 11 is 0. The summed E-state index contributed by atoms with van der Waals surface area (Å²) in [5, 5.41) is 4.28. The van der Waals surface area contributed by atoms with Crippen molar-refractivity contribution in [2.45, 2.75) is 6.92 Å². The Balaban J connectivity index is 1.41. The van der Waals surface area contributed by atoms with Gasteiger partial charge in [-0.3, -0.25) is 0 Å². The average Bonchev–Trinajstić information content (AvgIpc) is 3.43. The van der Waals surface area contributed by atoms with Crippen LogP contribution in [0.3, 0.4) is 0 Å². The van der Waals surface area contributed by atoms with Crippen LogP contribution in [0.4, 0.5) is 0 Å². The highest BCUT2D eigenvalue weighted by molar-refractivity contribution is 6.15. The van der Waals surface area contributed by atoms with Crippen LogP contribution in [0, 0.1) is 6.92 Å². The van der Waals surface area contributed by atoms with E-state index in [0.29, 0.717) is 0 Å². The van der Waals surface area contributed by atoms with Crippen LogP contribution in [-0.2, 0) is 0 Å². The first-order valence-corrected chi connectivity index (χ1v) is 11.7. The van der Waals surface area contributed by atoms with Crippen molar-refractivity contribution in [2.24, 2.45) is 0 Å². The lowest BCUT2D eigenvalue weighted by atomic mass is 10.0. The van der Waals surface area contributed by atoms with Crippen LogP contribution in [-0.4, -0.2) is 7.11 Å². The number of hydrogen-bond acceptors (Lipinski definition) is 3. The van der Waals surface area contributed by atoms with E-state index in [-0.39, 0.29) is 0 Å². The van der Waals surface area contributed by atoms with Crippen LogP contribution in [0.25, 0.3) is 66.1 Å². The van der Waals surface area contributed by atoms with Crippen molar-refractivity contribution in [2.75, 3.05) is 7.11 Å². The predicted octanol–water partition coefficient (Wildman–Crippen LogP) is 9.14. The molecule has 7 aromatic rings. The highest BCUT2D eigenvalue weighted by Gasteiger charge is 2.15. The molecule has 0 aliphatic rings. The molecule has 2 aromatic heterocycles. The number of methoxy groups -OCH3 is 1. The molecule has 7 rings (SSSR count). The van der Waals surface area contributed by atoms with Gasteiger partial charge in [0, 0.05) is 21.5 Å². The zero-order valence-corrected chi connectivity index (χ0v) is 19.5. The second-order valence-electron chi connectivity index (χ2n) is 9.07. The van der Waals surface area contributed by atoms with Crippen LogP contribution in [0.2, 0.25) is 0 Å². The van der Waals surface area contributed by atoms with Crippen molar-refractivity contribution in [1.29, 1.82) is 0 Å². The summed E-state index contributed by atoms with van der Waals surface area (Å²) in [6.45, 7) is 2.12. The number of furan rings is 2. The summed E-state index contributed by atoms with van der Waals surface area (Å²) in [6, 6.07) is 33.6. The third-order valence-corrected chi connectivity index (χ3v) is 6.82. The summed E-state index contributed by atoms with van der Waals surface area (Å²) in [7, 11) is 1.69. The van der Waals surface area contributed by atoms with Crippen molar-refractivity contribution < 1.29 is 13.6 Å². The maximum atomic E-state index is 6.28. The van der Waals surface area contributed by atoms with Gasteiger partial charge in [0.2, 0.25) is 0 Å². The largest absolute Gasteiger partial charge is 0.497 e. The Hall–Kier alpha value is -4.50. The molecule has 0 saturated carbocycles. The van der Waals surface area contributed by atoms with Gasteiger partial charge in [-0.15, -0.1) is 0 Å². The lowest BCUT2D eigenvalue weighted by Gasteiger charge is -2.04. The van der Waals surface area contributed by atoms with E-state index in [1.54, 1.807) is 7.11 Å². The zero-order chi connectivity index (χ0) is 23.5. The molecule has 0 radical (unpaired) electrons. The van der Waals surface area contributed by atoms with Crippen molar-refractivity contribution in [3.8, 4) is 28.0 Å². The van der Waals surface area contributed by atoms with Gasteiger partial charge in [-0.05, 0) is 77.7 Å². The molecule has 0 atom stereocenters. The Morgan fingerprint density at radius 1 is 0.486 bits per heavy atom. The van der Waals surface area contributed by atoms with Crippen LogP contribution in [0.15, 0.2) is 106 Å². The minimum absolute atomic E-state index is 0.841. The Kier molecular flexibility index (Phi) is 4.27. The summed E-state index contributed by atoms with van der Waals surface area (Å²) in [5.74, 6) is 0.841. The third-order valence-electron chi connectivity index (χ3n) is 6.82. The number of hydrogen-bond donors (Lipinski definition) is 0. The molecule has 0 unspecified atom stereocenters. The first-order valence-electron chi connectivity index (χ1n) is 11.7. The lowest BCUT2D eigenvalue weighted by molar-refractivity contribution is 0.415. The highest BCUT2D eigenvalue weighted by atomic mass is 16.5. The quantitative estimate of drug-likeness (QED) is 0.267. The number of benzene rings is 5. The van der Waals surface area contributed by atoms with Crippen LogP contribution in [0.5, 0.6) is 5.75 Å². The molecule has 0 fully saturated rings. The molecule has 0 spiro atoms. The first-order chi connectivity index (χ1) is 17.2. The fraction of sp³-hybridized carbons (Fsp3) is 0.0625. The van der Waals surface area contributed by atoms with E-state index >= 15 is 0 Å². The average molecular weight is 455 g/mol. The fourth-order valence-corrected chi connectivity index (χ4v) is 5.03. The minimum Gasteiger partial charge on any atom is -0.497 e. The highest BCUT2D eigenvalue weighted by Crippen LogP contribution is 2.39. The summed E-state index contributed by atoms with van der Waals surface area (Å²) in [5.41, 5.74) is 9.32. The first kappa shape index (κ1) is 19.9. The van der Waals surface area contributed by atoms with E-state index in [0.717, 1.165) is 60.8 Å². The molecule has 168 valence electrons. The maximum Gasteiger partial charge on any atom is 0.136 e. The Morgan fingerprint density at radius 3 is 1.57 bits per heavy atom. The van der Waals surface area contributed by atoms with Crippen molar-refractivity contribution in [1.82, 2.24) is 0 Å². The second kappa shape index (κ2) is 7.51. The molecule has 2 heterocycles. The van der Waals surface area contributed by atoms with E-state index in [9.17, 15) is 0 Å². The smallest absolute Gasteiger partial charge is 0.136 e. The fourth-order valence-electron chi connectivity index (χ4n) is 5.03. The minimum atomic E-state index is 0.841. The molecule has 5 aromatic carbocycles. The van der Waals surface area contributed by atoms with Gasteiger partial charge in [-0.25, -0.2) is 0 Å². The normalized spacial score (nSPS) is 11.7. The van der Waals surface area contributed by atoms with Gasteiger partial charge in [-0.1, -0.05) is 54.1 Å². The molecule has 0 N–H and O–H groups in total. The van der Waals surface area contributed by atoms with Gasteiger partial charge in [0.05, 0.1) is 7.11 Å². The van der Waals surface area contributed by atoms with E-state index in [1.807, 2.05) is 24.3 Å². The molecular weight excluding hydrogens is 432 g/mol. The lowest BCUT2D eigenvalue weighted by Crippen LogP contribution is -1.83. The van der Waals surface area contributed by atoms with Gasteiger partial charge >= 0.3 is 0 Å². The van der Waals surface area contributed by atoms with Crippen LogP contribution < -0.4 is 4.74 Å². The maximum absolute atomic E-state index is 6.28. The monoisotopic (exact) mass is 454 g/mol. The Bertz CT molecular complexity index is 1900. The van der Waals surface area contributed by atoms with E-state index in [2.05, 4.69) is 79.7 Å². The molecular formula is C32H22O3. The molecule has 0 amide bonds. The van der Waals surface area contributed by atoms with Crippen molar-refractivity contribution >= 4 is 43.9 Å². The summed E-state index contributed by atoms with van der Waals surface area (Å²) < 4.78 is 18.0. The number of ether oxygens (including phenoxy) is 1. The molecule has 35 heavy (non-hydrogen) atoms. The molecule has 0 aliphatic heterocycles. The van der Waals surface area contributed by atoms with Gasteiger partial charge in [0.1, 0.15) is 28.1 Å². The topological polar surface area (TPSA) is 35.5 Å². The third kappa shape index (κ3) is 3.20. The van der Waals surface area contributed by atoms with Crippen molar-refractivity contribution in [3.63, 3.8) is 0 Å². The molecule has 3 nitrogen and oxygen atoms in total. The number of fused-ring (bicyclic) bond motifs is 6. The van der Waals surface area contributed by atoms with Gasteiger partial charge in [-0.2, -0.15) is 0 Å². The van der Waals surface area contributed by atoms with E-state index in [1.165, 1.54) is 16.7 Å². The van der Waals surface area contributed by atoms with Gasteiger partial charge in [0.25, 0.3) is 0 Å². The standard InChI is InChI=1S/C32H22O3/c1-19-5-3-6-20(13-19)22-9-11-29-25(15-22)27-17-32-28(18-31(27)34-29)26-16-23(10-12-30(26)35-32)21-7-4-8-24(14-21)33-2/h3-18H,1-2H3. The second-order valence-corrected chi connectivity index (χ2v) is 9.07. The molecule has 0 aliphatic carbocycles. The van der Waals surface area contributed by atoms with E-state index < -0.39 is 0 Å². The Labute approximate surface area is 202 Å².